The molecule has 0 unspecified atom stereocenters. The third-order valence-corrected chi connectivity index (χ3v) is 4.36. The first-order valence-electron chi connectivity index (χ1n) is 8.72. The van der Waals surface area contributed by atoms with Gasteiger partial charge in [-0.05, 0) is 30.4 Å². The number of anilines is 1. The molecule has 0 spiro atoms. The maximum absolute atomic E-state index is 12.1. The number of rotatable bonds is 3. The van der Waals surface area contributed by atoms with E-state index in [9.17, 15) is 9.59 Å². The highest BCUT2D eigenvalue weighted by atomic mass is 16.6. The predicted octanol–water partition coefficient (Wildman–Crippen LogP) is 2.08. The van der Waals surface area contributed by atoms with Crippen molar-refractivity contribution in [2.45, 2.75) is 20.3 Å². The largest absolute Gasteiger partial charge is 0.486 e. The van der Waals surface area contributed by atoms with E-state index in [1.165, 1.54) is 6.42 Å². The normalized spacial score (nSPS) is 23.0. The number of fused-ring (bicyclic) bond motifs is 1. The molecule has 3 amide bonds. The van der Waals surface area contributed by atoms with Crippen molar-refractivity contribution in [3.8, 4) is 11.5 Å². The average Bonchev–Trinajstić information content (AvgIpc) is 2.53. The van der Waals surface area contributed by atoms with Crippen LogP contribution in [0.5, 0.6) is 11.5 Å². The van der Waals surface area contributed by atoms with E-state index in [0.717, 1.165) is 13.1 Å². The molecule has 1 fully saturated rings. The van der Waals surface area contributed by atoms with E-state index in [4.69, 9.17) is 9.47 Å². The van der Waals surface area contributed by atoms with Crippen LogP contribution in [0.4, 0.5) is 10.5 Å². The van der Waals surface area contributed by atoms with Gasteiger partial charge in [0.2, 0.25) is 5.91 Å². The number of hydrogen-bond donors (Lipinski definition) is 2. The van der Waals surface area contributed by atoms with Gasteiger partial charge in [0, 0.05) is 24.8 Å². The van der Waals surface area contributed by atoms with Gasteiger partial charge >= 0.3 is 6.03 Å². The van der Waals surface area contributed by atoms with E-state index in [2.05, 4.69) is 29.4 Å². The summed E-state index contributed by atoms with van der Waals surface area (Å²) in [7, 11) is 0. The maximum Gasteiger partial charge on any atom is 0.325 e. The van der Waals surface area contributed by atoms with Gasteiger partial charge in [-0.2, -0.15) is 0 Å². The molecule has 2 heterocycles. The van der Waals surface area contributed by atoms with Crippen molar-refractivity contribution in [3.63, 3.8) is 0 Å². The van der Waals surface area contributed by atoms with E-state index >= 15 is 0 Å². The first-order valence-corrected chi connectivity index (χ1v) is 8.72. The fourth-order valence-electron chi connectivity index (χ4n) is 3.57. The minimum Gasteiger partial charge on any atom is -0.486 e. The van der Waals surface area contributed by atoms with Gasteiger partial charge in [0.25, 0.3) is 0 Å². The number of imide groups is 1. The van der Waals surface area contributed by atoms with Crippen molar-refractivity contribution in [2.75, 3.05) is 38.2 Å². The molecule has 3 rings (SSSR count). The number of carbonyl (C=O) groups excluding carboxylic acids is 2. The Balaban J connectivity index is 1.49. The standard InChI is InChI=1S/C18H25N3O4/c1-12-7-13(2)10-21(9-12)11-17(22)20-18(23)19-14-3-4-15-16(8-14)25-6-5-24-15/h3-4,8,12-13H,5-7,9-11H2,1-2H3,(H2,19,20,22,23)/t12-,13+. The van der Waals surface area contributed by atoms with E-state index in [0.29, 0.717) is 42.2 Å². The number of amides is 3. The van der Waals surface area contributed by atoms with Crippen molar-refractivity contribution in [1.29, 1.82) is 0 Å². The summed E-state index contributed by atoms with van der Waals surface area (Å²) in [5, 5.41) is 5.04. The van der Waals surface area contributed by atoms with Gasteiger partial charge in [0.1, 0.15) is 13.2 Å². The molecule has 2 N–H and O–H groups in total. The Morgan fingerprint density at radius 3 is 2.52 bits per heavy atom. The first kappa shape index (κ1) is 17.5. The second kappa shape index (κ2) is 7.74. The third kappa shape index (κ3) is 4.85. The molecule has 2 aliphatic heterocycles. The molecule has 0 saturated carbocycles. The summed E-state index contributed by atoms with van der Waals surface area (Å²) in [6.07, 6.45) is 1.18. The van der Waals surface area contributed by atoms with Crippen LogP contribution in [0.25, 0.3) is 0 Å². The highest BCUT2D eigenvalue weighted by Crippen LogP contribution is 2.32. The average molecular weight is 347 g/mol. The molecule has 0 aliphatic carbocycles. The van der Waals surface area contributed by atoms with Crippen LogP contribution in [0.2, 0.25) is 0 Å². The van der Waals surface area contributed by atoms with Crippen LogP contribution in [0.1, 0.15) is 20.3 Å². The number of piperidine rings is 1. The summed E-state index contributed by atoms with van der Waals surface area (Å²) < 4.78 is 10.9. The van der Waals surface area contributed by atoms with Gasteiger partial charge in [-0.1, -0.05) is 13.8 Å². The summed E-state index contributed by atoms with van der Waals surface area (Å²) in [5.74, 6) is 2.09. The Morgan fingerprint density at radius 1 is 1.12 bits per heavy atom. The summed E-state index contributed by atoms with van der Waals surface area (Å²) in [6, 6.07) is 4.60. The zero-order valence-electron chi connectivity index (χ0n) is 14.7. The summed E-state index contributed by atoms with van der Waals surface area (Å²) in [6.45, 7) is 7.40. The Hall–Kier alpha value is -2.28. The molecule has 2 aliphatic rings. The van der Waals surface area contributed by atoms with E-state index < -0.39 is 6.03 Å². The molecular formula is C18H25N3O4. The van der Waals surface area contributed by atoms with Crippen molar-refractivity contribution < 1.29 is 19.1 Å². The summed E-state index contributed by atoms with van der Waals surface area (Å²) in [4.78, 5) is 26.2. The number of ether oxygens (including phenoxy) is 2. The fraction of sp³-hybridized carbons (Fsp3) is 0.556. The molecule has 136 valence electrons. The van der Waals surface area contributed by atoms with Crippen molar-refractivity contribution in [1.82, 2.24) is 10.2 Å². The van der Waals surface area contributed by atoms with Crippen LogP contribution >= 0.6 is 0 Å². The topological polar surface area (TPSA) is 79.9 Å². The number of hydrogen-bond acceptors (Lipinski definition) is 5. The van der Waals surface area contributed by atoms with Gasteiger partial charge in [-0.15, -0.1) is 0 Å². The summed E-state index contributed by atoms with van der Waals surface area (Å²) in [5.41, 5.74) is 0.551. The Bertz CT molecular complexity index is 639. The van der Waals surface area contributed by atoms with Crippen LogP contribution in [0.15, 0.2) is 18.2 Å². The molecule has 0 bridgehead atoms. The van der Waals surface area contributed by atoms with E-state index in [1.807, 2.05) is 0 Å². The lowest BCUT2D eigenvalue weighted by molar-refractivity contribution is -0.121. The van der Waals surface area contributed by atoms with Gasteiger partial charge in [0.15, 0.2) is 11.5 Å². The zero-order valence-corrected chi connectivity index (χ0v) is 14.7. The minimum absolute atomic E-state index is 0.239. The number of nitrogens with one attached hydrogen (secondary N) is 2. The number of carbonyl (C=O) groups is 2. The number of likely N-dealkylation sites (tertiary alicyclic amines) is 1. The second-order valence-corrected chi connectivity index (χ2v) is 7.00. The molecule has 7 nitrogen and oxygen atoms in total. The second-order valence-electron chi connectivity index (χ2n) is 7.00. The molecule has 25 heavy (non-hydrogen) atoms. The number of urea groups is 1. The Labute approximate surface area is 147 Å². The highest BCUT2D eigenvalue weighted by molar-refractivity contribution is 6.01. The number of benzene rings is 1. The fourth-order valence-corrected chi connectivity index (χ4v) is 3.57. The van der Waals surface area contributed by atoms with E-state index in [1.54, 1.807) is 18.2 Å². The molecule has 0 radical (unpaired) electrons. The van der Waals surface area contributed by atoms with E-state index in [-0.39, 0.29) is 12.5 Å². The van der Waals surface area contributed by atoms with Gasteiger partial charge in [-0.3, -0.25) is 15.0 Å². The van der Waals surface area contributed by atoms with Gasteiger partial charge < -0.3 is 14.8 Å². The van der Waals surface area contributed by atoms with Crippen LogP contribution in [0, 0.1) is 11.8 Å². The molecule has 1 saturated heterocycles. The Kier molecular flexibility index (Phi) is 5.43. The molecule has 2 atom stereocenters. The molecular weight excluding hydrogens is 322 g/mol. The molecule has 0 aromatic heterocycles. The van der Waals surface area contributed by atoms with Gasteiger partial charge in [0.05, 0.1) is 6.54 Å². The van der Waals surface area contributed by atoms with Gasteiger partial charge in [-0.25, -0.2) is 4.79 Å². The predicted molar refractivity (Wildman–Crippen MR) is 94.0 cm³/mol. The molecule has 1 aromatic carbocycles. The minimum atomic E-state index is -0.542. The third-order valence-electron chi connectivity index (χ3n) is 4.36. The zero-order chi connectivity index (χ0) is 17.8. The molecule has 7 heteroatoms. The quantitative estimate of drug-likeness (QED) is 0.875. The number of nitrogens with zero attached hydrogens (tertiary/aromatic N) is 1. The van der Waals surface area contributed by atoms with Crippen molar-refractivity contribution in [2.24, 2.45) is 11.8 Å². The first-order chi connectivity index (χ1) is 12.0. The highest BCUT2D eigenvalue weighted by Gasteiger charge is 2.23. The lowest BCUT2D eigenvalue weighted by Crippen LogP contribution is -2.46. The van der Waals surface area contributed by atoms with Crippen LogP contribution < -0.4 is 20.1 Å². The maximum atomic E-state index is 12.1. The lowest BCUT2D eigenvalue weighted by atomic mass is 9.92. The SMILES string of the molecule is C[C@@H]1C[C@H](C)CN(CC(=O)NC(=O)Nc2ccc3c(c2)OCCO3)C1. The lowest BCUT2D eigenvalue weighted by Gasteiger charge is -2.34. The summed E-state index contributed by atoms with van der Waals surface area (Å²) >= 11 is 0. The molecule has 1 aromatic rings. The smallest absolute Gasteiger partial charge is 0.325 e. The Morgan fingerprint density at radius 2 is 1.80 bits per heavy atom. The van der Waals surface area contributed by atoms with Crippen LogP contribution in [-0.4, -0.2) is 49.7 Å². The van der Waals surface area contributed by atoms with Crippen LogP contribution in [0.3, 0.4) is 0 Å². The van der Waals surface area contributed by atoms with Crippen molar-refractivity contribution >= 4 is 17.6 Å². The van der Waals surface area contributed by atoms with Crippen LogP contribution in [-0.2, 0) is 4.79 Å². The van der Waals surface area contributed by atoms with Crippen molar-refractivity contribution in [3.05, 3.63) is 18.2 Å². The monoisotopic (exact) mass is 347 g/mol.